The number of benzene rings is 1. The van der Waals surface area contributed by atoms with E-state index in [-0.39, 0.29) is 17.6 Å². The Morgan fingerprint density at radius 2 is 2.13 bits per heavy atom. The first kappa shape index (κ1) is 14.7. The minimum absolute atomic E-state index is 0.0675. The summed E-state index contributed by atoms with van der Waals surface area (Å²) in [5, 5.41) is 10.6. The van der Waals surface area contributed by atoms with E-state index in [1.807, 2.05) is 6.07 Å². The highest BCUT2D eigenvalue weighted by Crippen LogP contribution is 2.33. The molecule has 1 amide bonds. The largest absolute Gasteiger partial charge is 0.388 e. The molecule has 2 N–H and O–H groups in total. The number of nitrogens with zero attached hydrogens (tertiary/aromatic N) is 1. The van der Waals surface area contributed by atoms with Gasteiger partial charge in [0, 0.05) is 19.3 Å². The third-order valence-corrected chi connectivity index (χ3v) is 5.29. The van der Waals surface area contributed by atoms with Gasteiger partial charge in [0.05, 0.1) is 6.04 Å². The Hall–Kier alpha value is -1.88. The van der Waals surface area contributed by atoms with Gasteiger partial charge in [-0.25, -0.2) is 0 Å². The maximum absolute atomic E-state index is 12.6. The molecule has 5 heteroatoms. The summed E-state index contributed by atoms with van der Waals surface area (Å²) in [6.07, 6.45) is 5.67. The highest BCUT2D eigenvalue weighted by molar-refractivity contribution is 6.39. The Kier molecular flexibility index (Phi) is 3.81. The van der Waals surface area contributed by atoms with Crippen molar-refractivity contribution in [2.24, 2.45) is 5.16 Å². The van der Waals surface area contributed by atoms with E-state index in [1.165, 1.54) is 11.1 Å². The Morgan fingerprint density at radius 1 is 1.30 bits per heavy atom. The molecule has 0 unspecified atom stereocenters. The summed E-state index contributed by atoms with van der Waals surface area (Å²) in [5.41, 5.74) is 2.91. The molecule has 1 atom stereocenters. The number of rotatable bonds is 2. The van der Waals surface area contributed by atoms with E-state index in [1.54, 1.807) is 0 Å². The van der Waals surface area contributed by atoms with Crippen molar-refractivity contribution >= 4 is 11.6 Å². The van der Waals surface area contributed by atoms with Gasteiger partial charge in [0.1, 0.15) is 11.3 Å². The molecular formula is C18H23N3O2. The van der Waals surface area contributed by atoms with Gasteiger partial charge in [-0.2, -0.15) is 0 Å². The molecule has 0 saturated carbocycles. The van der Waals surface area contributed by atoms with Crippen LogP contribution in [0.5, 0.6) is 0 Å². The van der Waals surface area contributed by atoms with Crippen LogP contribution < -0.4 is 10.6 Å². The monoisotopic (exact) mass is 313 g/mol. The predicted octanol–water partition coefficient (Wildman–Crippen LogP) is 2.08. The van der Waals surface area contributed by atoms with Crippen molar-refractivity contribution in [3.8, 4) is 0 Å². The Morgan fingerprint density at radius 3 is 3.00 bits per heavy atom. The molecular weight excluding hydrogens is 290 g/mol. The molecule has 0 radical (unpaired) electrons. The van der Waals surface area contributed by atoms with Crippen molar-refractivity contribution in [2.75, 3.05) is 13.1 Å². The summed E-state index contributed by atoms with van der Waals surface area (Å²) in [5.74, 6) is -0.0675. The zero-order valence-corrected chi connectivity index (χ0v) is 13.3. The van der Waals surface area contributed by atoms with Crippen molar-refractivity contribution in [3.05, 3.63) is 35.4 Å². The topological polar surface area (TPSA) is 62.7 Å². The van der Waals surface area contributed by atoms with E-state index in [4.69, 9.17) is 4.84 Å². The summed E-state index contributed by atoms with van der Waals surface area (Å²) in [7, 11) is 0. The molecule has 1 spiro atoms. The number of piperidine rings is 1. The van der Waals surface area contributed by atoms with Gasteiger partial charge in [0.2, 0.25) is 0 Å². The number of aryl methyl sites for hydroxylation is 1. The summed E-state index contributed by atoms with van der Waals surface area (Å²) in [6.45, 7) is 1.86. The second-order valence-electron chi connectivity index (χ2n) is 6.86. The van der Waals surface area contributed by atoms with Crippen molar-refractivity contribution < 1.29 is 9.63 Å². The van der Waals surface area contributed by atoms with Gasteiger partial charge in [0.15, 0.2) is 0 Å². The molecule has 0 aromatic heterocycles. The van der Waals surface area contributed by atoms with Gasteiger partial charge >= 0.3 is 0 Å². The molecule has 5 nitrogen and oxygen atoms in total. The molecule has 23 heavy (non-hydrogen) atoms. The number of fused-ring (bicyclic) bond motifs is 1. The summed E-state index contributed by atoms with van der Waals surface area (Å²) in [4.78, 5) is 18.3. The van der Waals surface area contributed by atoms with Crippen LogP contribution in [0, 0.1) is 0 Å². The number of carbonyl (C=O) groups excluding carboxylic acids is 1. The van der Waals surface area contributed by atoms with Crippen molar-refractivity contribution in [1.29, 1.82) is 0 Å². The third kappa shape index (κ3) is 2.85. The van der Waals surface area contributed by atoms with E-state index in [9.17, 15) is 4.79 Å². The molecule has 2 aliphatic heterocycles. The van der Waals surface area contributed by atoms with Crippen LogP contribution in [-0.2, 0) is 16.1 Å². The van der Waals surface area contributed by atoms with Crippen LogP contribution in [0.4, 0.5) is 0 Å². The molecule has 4 rings (SSSR count). The van der Waals surface area contributed by atoms with E-state index >= 15 is 0 Å². The maximum atomic E-state index is 12.6. The fourth-order valence-corrected chi connectivity index (χ4v) is 3.94. The van der Waals surface area contributed by atoms with Gasteiger partial charge in [-0.3, -0.25) is 4.79 Å². The van der Waals surface area contributed by atoms with Gasteiger partial charge in [-0.05, 0) is 43.5 Å². The third-order valence-electron chi connectivity index (χ3n) is 5.29. The lowest BCUT2D eigenvalue weighted by Gasteiger charge is -2.31. The number of hydrogen-bond acceptors (Lipinski definition) is 4. The number of oxime groups is 1. The summed E-state index contributed by atoms with van der Waals surface area (Å²) in [6, 6.07) is 8.50. The fourth-order valence-electron chi connectivity index (χ4n) is 3.94. The minimum Gasteiger partial charge on any atom is -0.388 e. The quantitative estimate of drug-likeness (QED) is 0.879. The Bertz CT molecular complexity index is 635. The average molecular weight is 313 g/mol. The van der Waals surface area contributed by atoms with Gasteiger partial charge in [-0.15, -0.1) is 0 Å². The Labute approximate surface area is 136 Å². The normalized spacial score (nSPS) is 25.4. The lowest BCUT2D eigenvalue weighted by molar-refractivity contribution is -0.115. The van der Waals surface area contributed by atoms with E-state index in [0.29, 0.717) is 12.1 Å². The van der Waals surface area contributed by atoms with E-state index < -0.39 is 0 Å². The molecule has 1 fully saturated rings. The smallest absolute Gasteiger partial charge is 0.269 e. The van der Waals surface area contributed by atoms with Gasteiger partial charge < -0.3 is 15.5 Å². The predicted molar refractivity (Wildman–Crippen MR) is 88.2 cm³/mol. The number of nitrogens with one attached hydrogen (secondary N) is 2. The maximum Gasteiger partial charge on any atom is 0.269 e. The first-order valence-electron chi connectivity index (χ1n) is 8.60. The number of amides is 1. The van der Waals surface area contributed by atoms with Crippen LogP contribution in [0.1, 0.15) is 49.3 Å². The molecule has 1 aromatic rings. The second-order valence-corrected chi connectivity index (χ2v) is 6.86. The number of carbonyl (C=O) groups is 1. The van der Waals surface area contributed by atoms with Crippen LogP contribution in [0.2, 0.25) is 0 Å². The summed E-state index contributed by atoms with van der Waals surface area (Å²) >= 11 is 0. The Balaban J connectivity index is 1.43. The van der Waals surface area contributed by atoms with Gasteiger partial charge in [0.25, 0.3) is 5.91 Å². The SMILES string of the molecule is O=C(N[C@@H]1CCCc2ccccc21)C1=NOC2(CCNCC2)C1. The average Bonchev–Trinajstić information content (AvgIpc) is 2.99. The highest BCUT2D eigenvalue weighted by atomic mass is 16.7. The van der Waals surface area contributed by atoms with Crippen molar-refractivity contribution in [1.82, 2.24) is 10.6 Å². The summed E-state index contributed by atoms with van der Waals surface area (Å²) < 4.78 is 0. The van der Waals surface area contributed by atoms with Crippen LogP contribution in [0.15, 0.2) is 29.4 Å². The molecule has 1 aliphatic carbocycles. The molecule has 1 saturated heterocycles. The molecule has 3 aliphatic rings. The van der Waals surface area contributed by atoms with Crippen molar-refractivity contribution in [2.45, 2.75) is 50.2 Å². The molecule has 2 heterocycles. The molecule has 0 bridgehead atoms. The van der Waals surface area contributed by atoms with E-state index in [2.05, 4.69) is 34.0 Å². The van der Waals surface area contributed by atoms with E-state index in [0.717, 1.165) is 45.2 Å². The molecule has 1 aromatic carbocycles. The molecule has 122 valence electrons. The van der Waals surface area contributed by atoms with Crippen molar-refractivity contribution in [3.63, 3.8) is 0 Å². The standard InChI is InChI=1S/C18H23N3O2/c22-17(16-12-18(23-21-16)8-10-19-11-9-18)20-15-7-3-5-13-4-1-2-6-14(13)15/h1-2,4,6,15,19H,3,5,7-12H2,(H,20,22)/t15-/m1/s1. The van der Waals surface area contributed by atoms with Crippen LogP contribution in [0.25, 0.3) is 0 Å². The minimum atomic E-state index is -0.248. The first-order chi connectivity index (χ1) is 11.3. The first-order valence-corrected chi connectivity index (χ1v) is 8.60. The number of hydrogen-bond donors (Lipinski definition) is 2. The lowest BCUT2D eigenvalue weighted by atomic mass is 9.86. The zero-order chi connectivity index (χ0) is 15.7. The fraction of sp³-hybridized carbons (Fsp3) is 0.556. The van der Waals surface area contributed by atoms with Gasteiger partial charge in [-0.1, -0.05) is 29.4 Å². The van der Waals surface area contributed by atoms with Crippen LogP contribution >= 0.6 is 0 Å². The highest BCUT2D eigenvalue weighted by Gasteiger charge is 2.42. The van der Waals surface area contributed by atoms with Crippen LogP contribution in [-0.4, -0.2) is 30.3 Å². The zero-order valence-electron chi connectivity index (χ0n) is 13.3. The van der Waals surface area contributed by atoms with Crippen LogP contribution in [0.3, 0.4) is 0 Å². The lowest BCUT2D eigenvalue weighted by Crippen LogP contribution is -2.43. The second kappa shape index (κ2) is 5.96.